The molecule has 1 rings (SSSR count). The first-order chi connectivity index (χ1) is 7.60. The summed E-state index contributed by atoms with van der Waals surface area (Å²) in [6.45, 7) is 4.32. The van der Waals surface area contributed by atoms with E-state index in [9.17, 15) is 4.79 Å². The molecule has 0 aliphatic carbocycles. The van der Waals surface area contributed by atoms with Gasteiger partial charge in [-0.25, -0.2) is 0 Å². The van der Waals surface area contributed by atoms with Crippen LogP contribution in [0.25, 0.3) is 0 Å². The van der Waals surface area contributed by atoms with E-state index in [1.807, 2.05) is 24.3 Å². The number of methoxy groups -OCH3 is 1. The van der Waals surface area contributed by atoms with Crippen molar-refractivity contribution in [2.45, 2.75) is 31.6 Å². The highest BCUT2D eigenvalue weighted by atomic mass is 35.5. The summed E-state index contributed by atoms with van der Waals surface area (Å²) < 4.78 is 4.59. The molecule has 0 amide bonds. The second kappa shape index (κ2) is 5.90. The molecule has 3 heteroatoms. The van der Waals surface area contributed by atoms with E-state index in [0.717, 1.165) is 12.0 Å². The lowest BCUT2D eigenvalue weighted by Crippen LogP contribution is -2.08. The molecule has 2 unspecified atom stereocenters. The highest BCUT2D eigenvalue weighted by molar-refractivity contribution is 6.29. The number of carbonyl (C=O) groups is 1. The van der Waals surface area contributed by atoms with Crippen LogP contribution in [0.1, 0.15) is 42.7 Å². The minimum Gasteiger partial charge on any atom is -0.468 e. The van der Waals surface area contributed by atoms with E-state index in [-0.39, 0.29) is 0 Å². The second-order valence-electron chi connectivity index (χ2n) is 3.86. The maximum atomic E-state index is 11.2. The second-order valence-corrected chi connectivity index (χ2v) is 4.30. The topological polar surface area (TPSA) is 26.3 Å². The molecule has 0 heterocycles. The van der Waals surface area contributed by atoms with E-state index in [0.29, 0.717) is 5.92 Å². The van der Waals surface area contributed by atoms with Crippen LogP contribution in [0.4, 0.5) is 0 Å². The van der Waals surface area contributed by atoms with Crippen LogP contribution in [0.3, 0.4) is 0 Å². The van der Waals surface area contributed by atoms with Gasteiger partial charge >= 0.3 is 5.97 Å². The molecule has 0 spiro atoms. The molecule has 1 aromatic carbocycles. The van der Waals surface area contributed by atoms with E-state index in [2.05, 4.69) is 18.6 Å². The maximum Gasteiger partial charge on any atom is 0.328 e. The van der Waals surface area contributed by atoms with Gasteiger partial charge in [-0.3, -0.25) is 4.79 Å². The predicted octanol–water partition coefficient (Wildman–Crippen LogP) is 3.65. The van der Waals surface area contributed by atoms with Crippen molar-refractivity contribution in [3.8, 4) is 0 Å². The van der Waals surface area contributed by atoms with E-state index in [1.54, 1.807) is 0 Å². The van der Waals surface area contributed by atoms with Crippen molar-refractivity contribution < 1.29 is 9.53 Å². The SMILES string of the molecule is CCC(C)c1ccc(C(Cl)C(=O)OC)cc1. The summed E-state index contributed by atoms with van der Waals surface area (Å²) in [4.78, 5) is 11.2. The Morgan fingerprint density at radius 1 is 1.31 bits per heavy atom. The summed E-state index contributed by atoms with van der Waals surface area (Å²) in [6, 6.07) is 7.80. The average molecular weight is 241 g/mol. The third kappa shape index (κ3) is 2.99. The van der Waals surface area contributed by atoms with E-state index < -0.39 is 11.3 Å². The van der Waals surface area contributed by atoms with Gasteiger partial charge in [-0.05, 0) is 23.5 Å². The van der Waals surface area contributed by atoms with Crippen LogP contribution in [-0.4, -0.2) is 13.1 Å². The van der Waals surface area contributed by atoms with Crippen molar-refractivity contribution >= 4 is 17.6 Å². The number of esters is 1. The third-order valence-corrected chi connectivity index (χ3v) is 3.25. The van der Waals surface area contributed by atoms with Gasteiger partial charge in [0.05, 0.1) is 7.11 Å². The van der Waals surface area contributed by atoms with Crippen LogP contribution in [0.5, 0.6) is 0 Å². The molecular formula is C13H17ClO2. The first kappa shape index (κ1) is 13.0. The lowest BCUT2D eigenvalue weighted by atomic mass is 9.97. The fourth-order valence-corrected chi connectivity index (χ4v) is 1.70. The molecule has 0 aromatic heterocycles. The Labute approximate surface area is 102 Å². The summed E-state index contributed by atoms with van der Waals surface area (Å²) in [5.74, 6) is 0.110. The normalized spacial score (nSPS) is 14.2. The Hall–Kier alpha value is -1.02. The van der Waals surface area contributed by atoms with Crippen molar-refractivity contribution in [1.29, 1.82) is 0 Å². The highest BCUT2D eigenvalue weighted by Crippen LogP contribution is 2.25. The highest BCUT2D eigenvalue weighted by Gasteiger charge is 2.17. The lowest BCUT2D eigenvalue weighted by Gasteiger charge is -2.11. The number of halogens is 1. The number of ether oxygens (including phenoxy) is 1. The zero-order valence-corrected chi connectivity index (χ0v) is 10.6. The zero-order chi connectivity index (χ0) is 12.1. The van der Waals surface area contributed by atoms with Gasteiger partial charge in [0.2, 0.25) is 0 Å². The van der Waals surface area contributed by atoms with Crippen LogP contribution in [0.2, 0.25) is 0 Å². The molecule has 0 bridgehead atoms. The van der Waals surface area contributed by atoms with Gasteiger partial charge in [-0.15, -0.1) is 11.6 Å². The minimum atomic E-state index is -0.712. The monoisotopic (exact) mass is 240 g/mol. The number of hydrogen-bond donors (Lipinski definition) is 0. The molecule has 0 aliphatic rings. The fraction of sp³-hybridized carbons (Fsp3) is 0.462. The Morgan fingerprint density at radius 2 is 1.81 bits per heavy atom. The van der Waals surface area contributed by atoms with Crippen LogP contribution >= 0.6 is 11.6 Å². The van der Waals surface area contributed by atoms with Crippen LogP contribution in [0.15, 0.2) is 24.3 Å². The molecule has 88 valence electrons. The van der Waals surface area contributed by atoms with Gasteiger partial charge < -0.3 is 4.74 Å². The minimum absolute atomic E-state index is 0.419. The van der Waals surface area contributed by atoms with Gasteiger partial charge in [0.25, 0.3) is 0 Å². The standard InChI is InChI=1S/C13H17ClO2/c1-4-9(2)10-5-7-11(8-6-10)12(14)13(15)16-3/h5-9,12H,4H2,1-3H3. The van der Waals surface area contributed by atoms with Gasteiger partial charge in [-0.2, -0.15) is 0 Å². The summed E-state index contributed by atoms with van der Waals surface area (Å²) in [7, 11) is 1.34. The molecule has 0 fully saturated rings. The van der Waals surface area contributed by atoms with E-state index >= 15 is 0 Å². The van der Waals surface area contributed by atoms with Gasteiger partial charge in [-0.1, -0.05) is 38.1 Å². The van der Waals surface area contributed by atoms with Crippen molar-refractivity contribution in [2.24, 2.45) is 0 Å². The summed E-state index contributed by atoms with van der Waals surface area (Å²) in [5.41, 5.74) is 2.04. The van der Waals surface area contributed by atoms with Crippen molar-refractivity contribution in [1.82, 2.24) is 0 Å². The first-order valence-electron chi connectivity index (χ1n) is 5.41. The Bertz CT molecular complexity index is 345. The molecule has 1 aromatic rings. The molecule has 0 saturated heterocycles. The Morgan fingerprint density at radius 3 is 2.25 bits per heavy atom. The first-order valence-corrected chi connectivity index (χ1v) is 5.85. The van der Waals surface area contributed by atoms with Crippen molar-refractivity contribution in [3.63, 3.8) is 0 Å². The Kier molecular flexibility index (Phi) is 4.81. The molecule has 0 saturated carbocycles. The van der Waals surface area contributed by atoms with Crippen LogP contribution in [0, 0.1) is 0 Å². The maximum absolute atomic E-state index is 11.2. The fourth-order valence-electron chi connectivity index (χ4n) is 1.47. The number of rotatable bonds is 4. The van der Waals surface area contributed by atoms with Crippen LogP contribution in [-0.2, 0) is 9.53 Å². The average Bonchev–Trinajstić information content (AvgIpc) is 2.36. The summed E-state index contributed by atoms with van der Waals surface area (Å²) >= 11 is 5.95. The summed E-state index contributed by atoms with van der Waals surface area (Å²) in [5, 5.41) is -0.712. The zero-order valence-electron chi connectivity index (χ0n) is 9.87. The van der Waals surface area contributed by atoms with E-state index in [1.165, 1.54) is 12.7 Å². The van der Waals surface area contributed by atoms with E-state index in [4.69, 9.17) is 11.6 Å². The molecular weight excluding hydrogens is 224 g/mol. The van der Waals surface area contributed by atoms with Crippen LogP contribution < -0.4 is 0 Å². The number of hydrogen-bond acceptors (Lipinski definition) is 2. The number of benzene rings is 1. The quantitative estimate of drug-likeness (QED) is 0.593. The smallest absolute Gasteiger partial charge is 0.328 e. The number of carbonyl (C=O) groups excluding carboxylic acids is 1. The van der Waals surface area contributed by atoms with Gasteiger partial charge in [0.1, 0.15) is 0 Å². The molecule has 2 nitrogen and oxygen atoms in total. The lowest BCUT2D eigenvalue weighted by molar-refractivity contribution is -0.140. The Balaban J connectivity index is 2.82. The van der Waals surface area contributed by atoms with Crippen molar-refractivity contribution in [2.75, 3.05) is 7.11 Å². The van der Waals surface area contributed by atoms with Gasteiger partial charge in [0.15, 0.2) is 5.38 Å². The van der Waals surface area contributed by atoms with Crippen molar-refractivity contribution in [3.05, 3.63) is 35.4 Å². The molecule has 0 aliphatic heterocycles. The number of alkyl halides is 1. The molecule has 2 atom stereocenters. The largest absolute Gasteiger partial charge is 0.468 e. The van der Waals surface area contributed by atoms with Gasteiger partial charge in [0, 0.05) is 0 Å². The third-order valence-electron chi connectivity index (χ3n) is 2.82. The summed E-state index contributed by atoms with van der Waals surface area (Å²) in [6.07, 6.45) is 1.10. The molecule has 0 radical (unpaired) electrons. The molecule has 16 heavy (non-hydrogen) atoms. The predicted molar refractivity (Wildman–Crippen MR) is 65.8 cm³/mol. The molecule has 0 N–H and O–H groups in total.